The highest BCUT2D eigenvalue weighted by atomic mass is 79.9. The van der Waals surface area contributed by atoms with E-state index in [0.717, 1.165) is 57.8 Å². The van der Waals surface area contributed by atoms with Crippen molar-refractivity contribution in [1.29, 1.82) is 0 Å². The number of hydrogen-bond acceptors (Lipinski definition) is 5. The third-order valence-corrected chi connectivity index (χ3v) is 5.24. The number of methoxy groups -OCH3 is 1. The molecule has 5 nitrogen and oxygen atoms in total. The van der Waals surface area contributed by atoms with Crippen molar-refractivity contribution in [2.24, 2.45) is 0 Å². The minimum absolute atomic E-state index is 0.215. The number of benzene rings is 2. The quantitative estimate of drug-likeness (QED) is 0.631. The molecule has 2 heterocycles. The normalized spacial score (nSPS) is 17.2. The zero-order chi connectivity index (χ0) is 18.8. The Balaban J connectivity index is 1.64. The molecule has 4 rings (SSSR count). The number of hydrogen-bond donors (Lipinski definition) is 1. The van der Waals surface area contributed by atoms with Gasteiger partial charge in [-0.2, -0.15) is 0 Å². The van der Waals surface area contributed by atoms with E-state index in [1.807, 2.05) is 42.6 Å². The van der Waals surface area contributed by atoms with Gasteiger partial charge in [0, 0.05) is 58.7 Å². The lowest BCUT2D eigenvalue weighted by molar-refractivity contribution is 0.207. The number of nitrogens with zero attached hydrogens (tertiary/aromatic N) is 2. The van der Waals surface area contributed by atoms with E-state index in [9.17, 15) is 0 Å². The van der Waals surface area contributed by atoms with E-state index in [-0.39, 0.29) is 6.10 Å². The molecule has 1 aromatic heterocycles. The van der Waals surface area contributed by atoms with E-state index in [0.29, 0.717) is 0 Å². The third-order valence-electron chi connectivity index (χ3n) is 4.75. The summed E-state index contributed by atoms with van der Waals surface area (Å²) in [6.45, 7) is 2.01. The van der Waals surface area contributed by atoms with E-state index in [1.165, 1.54) is 0 Å². The fourth-order valence-corrected chi connectivity index (χ4v) is 3.76. The fourth-order valence-electron chi connectivity index (χ4n) is 3.40. The van der Waals surface area contributed by atoms with Crippen LogP contribution in [0.3, 0.4) is 0 Å². The standard InChI is InChI=1S/C21H22BrN3O2/c1-25-8-6-16(13-25)27-18-11-15(10-17(12-18)26-2)24-21-5-7-23-20-4-3-14(22)9-19(20)21/h3-5,7,9-12,16H,6,8,13H2,1-2H3,(H,23,24). The SMILES string of the molecule is COc1cc(Nc2ccnc3ccc(Br)cc23)cc(OC2CCN(C)C2)c1. The van der Waals surface area contributed by atoms with E-state index < -0.39 is 0 Å². The van der Waals surface area contributed by atoms with Gasteiger partial charge in [-0.25, -0.2) is 0 Å². The maximum atomic E-state index is 6.19. The van der Waals surface area contributed by atoms with Crippen molar-refractivity contribution in [3.05, 3.63) is 53.1 Å². The van der Waals surface area contributed by atoms with E-state index >= 15 is 0 Å². The van der Waals surface area contributed by atoms with Crippen molar-refractivity contribution in [1.82, 2.24) is 9.88 Å². The first-order valence-electron chi connectivity index (χ1n) is 8.96. The average molecular weight is 428 g/mol. The van der Waals surface area contributed by atoms with Gasteiger partial charge >= 0.3 is 0 Å². The maximum Gasteiger partial charge on any atom is 0.125 e. The largest absolute Gasteiger partial charge is 0.497 e. The number of rotatable bonds is 5. The van der Waals surface area contributed by atoms with Crippen LogP contribution < -0.4 is 14.8 Å². The summed E-state index contributed by atoms with van der Waals surface area (Å²) in [6, 6.07) is 14.0. The van der Waals surface area contributed by atoms with Crippen LogP contribution >= 0.6 is 15.9 Å². The summed E-state index contributed by atoms with van der Waals surface area (Å²) in [7, 11) is 3.79. The van der Waals surface area contributed by atoms with Crippen LogP contribution in [-0.4, -0.2) is 43.2 Å². The molecule has 6 heteroatoms. The average Bonchev–Trinajstić information content (AvgIpc) is 3.06. The molecule has 3 aromatic rings. The molecule has 0 bridgehead atoms. The second-order valence-corrected chi connectivity index (χ2v) is 7.75. The topological polar surface area (TPSA) is 46.6 Å². The van der Waals surface area contributed by atoms with Crippen molar-refractivity contribution in [3.8, 4) is 11.5 Å². The van der Waals surface area contributed by atoms with E-state index in [1.54, 1.807) is 7.11 Å². The molecular weight excluding hydrogens is 406 g/mol. The van der Waals surface area contributed by atoms with Crippen molar-refractivity contribution >= 4 is 38.2 Å². The highest BCUT2D eigenvalue weighted by Gasteiger charge is 2.21. The summed E-state index contributed by atoms with van der Waals surface area (Å²) in [4.78, 5) is 6.72. The molecule has 1 aliphatic rings. The van der Waals surface area contributed by atoms with Crippen molar-refractivity contribution in [2.75, 3.05) is 32.6 Å². The monoisotopic (exact) mass is 427 g/mol. The molecule has 1 fully saturated rings. The van der Waals surface area contributed by atoms with Gasteiger partial charge in [0.05, 0.1) is 12.6 Å². The first kappa shape index (κ1) is 18.1. The van der Waals surface area contributed by atoms with Gasteiger partial charge in [0.1, 0.15) is 17.6 Å². The lowest BCUT2D eigenvalue weighted by Crippen LogP contribution is -2.21. The number of likely N-dealkylation sites (N-methyl/N-ethyl adjacent to an activating group) is 1. The molecule has 140 valence electrons. The lowest BCUT2D eigenvalue weighted by atomic mass is 10.1. The van der Waals surface area contributed by atoms with Gasteiger partial charge in [0.15, 0.2) is 0 Å². The number of likely N-dealkylation sites (tertiary alicyclic amines) is 1. The third kappa shape index (κ3) is 4.17. The summed E-state index contributed by atoms with van der Waals surface area (Å²) in [6.07, 6.45) is 3.07. The van der Waals surface area contributed by atoms with Crippen LogP contribution in [0.15, 0.2) is 53.1 Å². The van der Waals surface area contributed by atoms with Crippen LogP contribution in [-0.2, 0) is 0 Å². The Morgan fingerprint density at radius 2 is 2.00 bits per heavy atom. The molecule has 0 amide bonds. The van der Waals surface area contributed by atoms with E-state index in [4.69, 9.17) is 9.47 Å². The smallest absolute Gasteiger partial charge is 0.125 e. The van der Waals surface area contributed by atoms with Crippen LogP contribution in [0.5, 0.6) is 11.5 Å². The molecule has 1 saturated heterocycles. The lowest BCUT2D eigenvalue weighted by Gasteiger charge is -2.17. The molecule has 0 radical (unpaired) electrons. The minimum Gasteiger partial charge on any atom is -0.497 e. The van der Waals surface area contributed by atoms with E-state index in [2.05, 4.69) is 44.2 Å². The molecule has 1 aliphatic heterocycles. The molecule has 2 aromatic carbocycles. The second-order valence-electron chi connectivity index (χ2n) is 6.83. The van der Waals surface area contributed by atoms with Gasteiger partial charge in [-0.1, -0.05) is 15.9 Å². The van der Waals surface area contributed by atoms with Crippen molar-refractivity contribution < 1.29 is 9.47 Å². The Labute approximate surface area is 167 Å². The Kier molecular flexibility index (Phi) is 5.18. The van der Waals surface area contributed by atoms with Gasteiger partial charge in [0.2, 0.25) is 0 Å². The summed E-state index contributed by atoms with van der Waals surface area (Å²) >= 11 is 3.54. The molecule has 1 atom stereocenters. The molecule has 0 spiro atoms. The summed E-state index contributed by atoms with van der Waals surface area (Å²) < 4.78 is 12.7. The highest BCUT2D eigenvalue weighted by Crippen LogP contribution is 2.32. The number of nitrogens with one attached hydrogen (secondary N) is 1. The molecule has 0 saturated carbocycles. The number of pyridine rings is 1. The van der Waals surface area contributed by atoms with Gasteiger partial charge in [0.25, 0.3) is 0 Å². The second kappa shape index (κ2) is 7.74. The molecule has 0 aliphatic carbocycles. The van der Waals surface area contributed by atoms with Crippen molar-refractivity contribution in [2.45, 2.75) is 12.5 Å². The van der Waals surface area contributed by atoms with Gasteiger partial charge in [-0.05, 0) is 37.7 Å². The Morgan fingerprint density at radius 3 is 2.78 bits per heavy atom. The number of halogens is 1. The highest BCUT2D eigenvalue weighted by molar-refractivity contribution is 9.10. The summed E-state index contributed by atoms with van der Waals surface area (Å²) in [5.74, 6) is 1.58. The molecule has 27 heavy (non-hydrogen) atoms. The Morgan fingerprint density at radius 1 is 1.15 bits per heavy atom. The zero-order valence-electron chi connectivity index (χ0n) is 15.4. The van der Waals surface area contributed by atoms with Crippen LogP contribution in [0.1, 0.15) is 6.42 Å². The zero-order valence-corrected chi connectivity index (χ0v) is 17.0. The number of fused-ring (bicyclic) bond motifs is 1. The minimum atomic E-state index is 0.215. The predicted octanol–water partition coefficient (Wildman–Crippen LogP) is 4.83. The predicted molar refractivity (Wildman–Crippen MR) is 112 cm³/mol. The van der Waals surface area contributed by atoms with Gasteiger partial charge in [-0.3, -0.25) is 4.98 Å². The number of ether oxygens (including phenoxy) is 2. The van der Waals surface area contributed by atoms with Crippen molar-refractivity contribution in [3.63, 3.8) is 0 Å². The maximum absolute atomic E-state index is 6.19. The number of aromatic nitrogens is 1. The molecule has 1 unspecified atom stereocenters. The molecule has 1 N–H and O–H groups in total. The van der Waals surface area contributed by atoms with Gasteiger partial charge in [-0.15, -0.1) is 0 Å². The first-order valence-corrected chi connectivity index (χ1v) is 9.75. The number of anilines is 2. The summed E-state index contributed by atoms with van der Waals surface area (Å²) in [5, 5.41) is 4.54. The van der Waals surface area contributed by atoms with Crippen LogP contribution in [0.4, 0.5) is 11.4 Å². The van der Waals surface area contributed by atoms with Crippen LogP contribution in [0.25, 0.3) is 10.9 Å². The van der Waals surface area contributed by atoms with Gasteiger partial charge < -0.3 is 19.7 Å². The first-order chi connectivity index (χ1) is 13.1. The summed E-state index contributed by atoms with van der Waals surface area (Å²) in [5.41, 5.74) is 2.85. The molecular formula is C21H22BrN3O2. The Bertz CT molecular complexity index is 963. The van der Waals surface area contributed by atoms with Crippen LogP contribution in [0.2, 0.25) is 0 Å². The fraction of sp³-hybridized carbons (Fsp3) is 0.286. The van der Waals surface area contributed by atoms with Crippen LogP contribution in [0, 0.1) is 0 Å². The Hall–Kier alpha value is -2.31.